The van der Waals surface area contributed by atoms with Crippen LogP contribution in [0.4, 0.5) is 0 Å². The maximum Gasteiger partial charge on any atom is 0.234 e. The van der Waals surface area contributed by atoms with Crippen LogP contribution in [-0.4, -0.2) is 24.5 Å². The largest absolute Gasteiger partial charge is 0.342 e. The average Bonchev–Trinajstić information content (AvgIpc) is 2.46. The molecule has 0 radical (unpaired) electrons. The number of nitrogens with zero attached hydrogens (tertiary/aromatic N) is 1. The lowest BCUT2D eigenvalue weighted by Crippen LogP contribution is -2.35. The molecule has 112 valence electrons. The number of aromatic nitrogens is 1. The second-order valence-corrected chi connectivity index (χ2v) is 4.70. The van der Waals surface area contributed by atoms with E-state index >= 15 is 0 Å². The fourth-order valence-corrected chi connectivity index (χ4v) is 2.10. The predicted molar refractivity (Wildman–Crippen MR) is 86.6 cm³/mol. The van der Waals surface area contributed by atoms with Crippen molar-refractivity contribution >= 4 is 18.3 Å². The molecule has 1 heterocycles. The highest BCUT2D eigenvalue weighted by atomic mass is 35.5. The van der Waals surface area contributed by atoms with Crippen molar-refractivity contribution in [3.8, 4) is 0 Å². The number of hydrogen-bond donors (Lipinski definition) is 2. The molecule has 1 amide bonds. The first kappa shape index (κ1) is 17.1. The van der Waals surface area contributed by atoms with E-state index in [9.17, 15) is 4.79 Å². The van der Waals surface area contributed by atoms with Gasteiger partial charge in [-0.25, -0.2) is 0 Å². The van der Waals surface area contributed by atoms with Gasteiger partial charge in [-0.2, -0.15) is 0 Å². The van der Waals surface area contributed by atoms with Gasteiger partial charge in [0.1, 0.15) is 0 Å². The van der Waals surface area contributed by atoms with Gasteiger partial charge in [0.15, 0.2) is 0 Å². The van der Waals surface area contributed by atoms with E-state index in [1.165, 1.54) is 0 Å². The van der Waals surface area contributed by atoms with Crippen LogP contribution in [-0.2, 0) is 4.79 Å². The van der Waals surface area contributed by atoms with Crippen LogP contribution in [0.5, 0.6) is 0 Å². The van der Waals surface area contributed by atoms with Crippen LogP contribution >= 0.6 is 12.4 Å². The molecule has 0 saturated heterocycles. The molecular weight excluding hydrogens is 286 g/mol. The third-order valence-corrected chi connectivity index (χ3v) is 3.00. The van der Waals surface area contributed by atoms with Crippen molar-refractivity contribution in [2.75, 3.05) is 13.6 Å². The van der Waals surface area contributed by atoms with Gasteiger partial charge < -0.3 is 10.6 Å². The van der Waals surface area contributed by atoms with Crippen molar-refractivity contribution in [2.45, 2.75) is 13.0 Å². The van der Waals surface area contributed by atoms with Gasteiger partial charge in [0.2, 0.25) is 5.91 Å². The summed E-state index contributed by atoms with van der Waals surface area (Å²) in [6.07, 6.45) is 1.74. The number of carbonyl (C=O) groups is 1. The zero-order valence-corrected chi connectivity index (χ0v) is 13.0. The molecule has 2 rings (SSSR count). The van der Waals surface area contributed by atoms with E-state index in [4.69, 9.17) is 0 Å². The molecule has 21 heavy (non-hydrogen) atoms. The Morgan fingerprint density at radius 1 is 1.24 bits per heavy atom. The third-order valence-electron chi connectivity index (χ3n) is 3.00. The van der Waals surface area contributed by atoms with Crippen molar-refractivity contribution in [1.29, 1.82) is 0 Å². The Hall–Kier alpha value is -1.91. The molecule has 4 nitrogen and oxygen atoms in total. The normalized spacial score (nSPS) is 11.3. The summed E-state index contributed by atoms with van der Waals surface area (Å²) in [6, 6.07) is 13.6. The predicted octanol–water partition coefficient (Wildman–Crippen LogP) is 2.24. The standard InChI is InChI=1S/C16H19N3O.ClH/c1-12-6-5-7-13(10-12)16(19-15(20)11-17-2)14-8-3-4-9-18-14;/h3-10,16-17H,11H2,1-2H3,(H,19,20);1H. The average molecular weight is 306 g/mol. The zero-order chi connectivity index (χ0) is 14.4. The van der Waals surface area contributed by atoms with Gasteiger partial charge in [0, 0.05) is 6.20 Å². The van der Waals surface area contributed by atoms with E-state index < -0.39 is 0 Å². The first-order chi connectivity index (χ1) is 9.70. The zero-order valence-electron chi connectivity index (χ0n) is 12.2. The van der Waals surface area contributed by atoms with E-state index in [2.05, 4.69) is 21.7 Å². The quantitative estimate of drug-likeness (QED) is 0.891. The molecule has 2 aromatic rings. The molecule has 5 heteroatoms. The highest BCUT2D eigenvalue weighted by Gasteiger charge is 2.17. The van der Waals surface area contributed by atoms with Crippen LogP contribution in [0.2, 0.25) is 0 Å². The van der Waals surface area contributed by atoms with Crippen molar-refractivity contribution in [3.63, 3.8) is 0 Å². The van der Waals surface area contributed by atoms with Gasteiger partial charge in [0.05, 0.1) is 18.3 Å². The molecule has 1 aromatic heterocycles. The summed E-state index contributed by atoms with van der Waals surface area (Å²) in [6.45, 7) is 2.32. The Morgan fingerprint density at radius 2 is 2.05 bits per heavy atom. The first-order valence-electron chi connectivity index (χ1n) is 6.62. The van der Waals surface area contributed by atoms with Crippen LogP contribution in [0.25, 0.3) is 0 Å². The van der Waals surface area contributed by atoms with Gasteiger partial charge >= 0.3 is 0 Å². The molecule has 0 aliphatic rings. The summed E-state index contributed by atoms with van der Waals surface area (Å²) < 4.78 is 0. The van der Waals surface area contributed by atoms with E-state index in [1.54, 1.807) is 13.2 Å². The lowest BCUT2D eigenvalue weighted by atomic mass is 10.0. The van der Waals surface area contributed by atoms with Gasteiger partial charge in [-0.15, -0.1) is 12.4 Å². The number of carbonyl (C=O) groups excluding carboxylic acids is 1. The number of likely N-dealkylation sites (N-methyl/N-ethyl adjacent to an activating group) is 1. The summed E-state index contributed by atoms with van der Waals surface area (Å²) in [4.78, 5) is 16.2. The summed E-state index contributed by atoms with van der Waals surface area (Å²) in [5.41, 5.74) is 3.03. The highest BCUT2D eigenvalue weighted by molar-refractivity contribution is 5.85. The van der Waals surface area contributed by atoms with Gasteiger partial charge in [-0.05, 0) is 31.7 Å². The molecule has 1 atom stereocenters. The van der Waals surface area contributed by atoms with Crippen molar-refractivity contribution < 1.29 is 4.79 Å². The number of pyridine rings is 1. The van der Waals surface area contributed by atoms with Crippen LogP contribution in [0.1, 0.15) is 22.9 Å². The Kier molecular flexibility index (Phi) is 6.85. The molecule has 0 bridgehead atoms. The molecule has 0 aliphatic carbocycles. The molecule has 1 unspecified atom stereocenters. The van der Waals surface area contributed by atoms with E-state index in [0.29, 0.717) is 0 Å². The van der Waals surface area contributed by atoms with Gasteiger partial charge in [0.25, 0.3) is 0 Å². The Labute approximate surface area is 131 Å². The number of hydrogen-bond acceptors (Lipinski definition) is 3. The maximum absolute atomic E-state index is 11.9. The van der Waals surface area contributed by atoms with Crippen molar-refractivity contribution in [3.05, 3.63) is 65.5 Å². The van der Waals surface area contributed by atoms with Crippen molar-refractivity contribution in [1.82, 2.24) is 15.6 Å². The Morgan fingerprint density at radius 3 is 2.67 bits per heavy atom. The Bertz CT molecular complexity index is 575. The molecule has 0 fully saturated rings. The fraction of sp³-hybridized carbons (Fsp3) is 0.250. The second kappa shape index (κ2) is 8.39. The number of halogens is 1. The molecule has 0 spiro atoms. The topological polar surface area (TPSA) is 54.0 Å². The summed E-state index contributed by atoms with van der Waals surface area (Å²) in [5, 5.41) is 5.87. The first-order valence-corrected chi connectivity index (χ1v) is 6.62. The maximum atomic E-state index is 11.9. The lowest BCUT2D eigenvalue weighted by molar-refractivity contribution is -0.120. The minimum absolute atomic E-state index is 0. The van der Waals surface area contributed by atoms with Crippen LogP contribution in [0.15, 0.2) is 48.7 Å². The number of aryl methyl sites for hydroxylation is 1. The van der Waals surface area contributed by atoms with Crippen LogP contribution in [0, 0.1) is 6.92 Å². The monoisotopic (exact) mass is 305 g/mol. The van der Waals surface area contributed by atoms with E-state index in [0.717, 1.165) is 16.8 Å². The second-order valence-electron chi connectivity index (χ2n) is 4.70. The number of amides is 1. The van der Waals surface area contributed by atoms with Gasteiger partial charge in [-0.3, -0.25) is 9.78 Å². The summed E-state index contributed by atoms with van der Waals surface area (Å²) in [5.74, 6) is -0.0512. The molecule has 0 saturated carbocycles. The highest BCUT2D eigenvalue weighted by Crippen LogP contribution is 2.20. The smallest absolute Gasteiger partial charge is 0.234 e. The minimum atomic E-state index is -0.225. The summed E-state index contributed by atoms with van der Waals surface area (Å²) >= 11 is 0. The fourth-order valence-electron chi connectivity index (χ4n) is 2.10. The summed E-state index contributed by atoms with van der Waals surface area (Å²) in [7, 11) is 1.75. The number of nitrogens with one attached hydrogen (secondary N) is 2. The number of benzene rings is 1. The SMILES string of the molecule is CNCC(=O)NC(c1cccc(C)c1)c1ccccn1.Cl. The third kappa shape index (κ3) is 4.85. The molecular formula is C16H20ClN3O. The lowest BCUT2D eigenvalue weighted by Gasteiger charge is -2.19. The van der Waals surface area contributed by atoms with Crippen molar-refractivity contribution in [2.24, 2.45) is 0 Å². The van der Waals surface area contributed by atoms with E-state index in [1.807, 2.05) is 43.3 Å². The number of rotatable bonds is 5. The molecule has 2 N–H and O–H groups in total. The minimum Gasteiger partial charge on any atom is -0.342 e. The van der Waals surface area contributed by atoms with Crippen LogP contribution in [0.3, 0.4) is 0 Å². The van der Waals surface area contributed by atoms with Crippen LogP contribution < -0.4 is 10.6 Å². The molecule has 1 aromatic carbocycles. The Balaban J connectivity index is 0.00000220. The van der Waals surface area contributed by atoms with E-state index in [-0.39, 0.29) is 30.9 Å². The van der Waals surface area contributed by atoms with Gasteiger partial charge in [-0.1, -0.05) is 35.9 Å². The molecule has 0 aliphatic heterocycles.